The molecule has 1 aliphatic heterocycles. The van der Waals surface area contributed by atoms with Gasteiger partial charge in [0.25, 0.3) is 0 Å². The van der Waals surface area contributed by atoms with Crippen LogP contribution in [-0.4, -0.2) is 59.1 Å². The number of rotatable bonds is 9. The van der Waals surface area contributed by atoms with E-state index in [2.05, 4.69) is 5.10 Å². The van der Waals surface area contributed by atoms with Gasteiger partial charge in [-0.1, -0.05) is 39.0 Å². The van der Waals surface area contributed by atoms with Crippen molar-refractivity contribution in [3.63, 3.8) is 0 Å². The predicted octanol–water partition coefficient (Wildman–Crippen LogP) is 4.31. The Balaban J connectivity index is 1.82. The molecule has 33 heavy (non-hydrogen) atoms. The first-order valence-electron chi connectivity index (χ1n) is 10.8. The first kappa shape index (κ1) is 25.4. The molecular weight excluding hydrogens is 457 g/mol. The molecule has 11 heteroatoms. The second-order valence-electron chi connectivity index (χ2n) is 8.28. The van der Waals surface area contributed by atoms with Crippen LogP contribution >= 0.6 is 12.0 Å². The van der Waals surface area contributed by atoms with Crippen LogP contribution in [0.4, 0.5) is 18.9 Å². The summed E-state index contributed by atoms with van der Waals surface area (Å²) in [6, 6.07) is 8.83. The van der Waals surface area contributed by atoms with Crippen LogP contribution in [0.3, 0.4) is 0 Å². The number of nitrogens with zero attached hydrogens (tertiary/aromatic N) is 4. The van der Waals surface area contributed by atoms with E-state index in [0.29, 0.717) is 42.8 Å². The Hall–Kier alpha value is -2.24. The van der Waals surface area contributed by atoms with Crippen molar-refractivity contribution in [1.29, 1.82) is 0 Å². The molecule has 0 radical (unpaired) electrons. The van der Waals surface area contributed by atoms with Crippen LogP contribution in [0.1, 0.15) is 27.2 Å². The minimum absolute atomic E-state index is 0.00815. The largest absolute Gasteiger partial charge is 0.486 e. The summed E-state index contributed by atoms with van der Waals surface area (Å²) >= 11 is 1.38. The van der Waals surface area contributed by atoms with Crippen LogP contribution in [-0.2, 0) is 4.28 Å². The molecule has 1 fully saturated rings. The highest BCUT2D eigenvalue weighted by Gasteiger charge is 2.31. The molecule has 0 amide bonds. The number of ether oxygens (including phenoxy) is 1. The fraction of sp³-hybridized carbons (Fsp3) is 0.545. The topological polar surface area (TPSA) is 59.8 Å². The van der Waals surface area contributed by atoms with Crippen molar-refractivity contribution < 1.29 is 22.2 Å². The summed E-state index contributed by atoms with van der Waals surface area (Å²) in [6.45, 7) is 7.63. The first-order valence-corrected chi connectivity index (χ1v) is 11.6. The van der Waals surface area contributed by atoms with Crippen LogP contribution in [0.25, 0.3) is 5.69 Å². The van der Waals surface area contributed by atoms with Crippen molar-refractivity contribution in [1.82, 2.24) is 14.8 Å². The number of anilines is 1. The van der Waals surface area contributed by atoms with Gasteiger partial charge in [-0.2, -0.15) is 28.0 Å². The molecule has 1 aliphatic rings. The quantitative estimate of drug-likeness (QED) is 0.490. The zero-order valence-electron chi connectivity index (χ0n) is 18.9. The summed E-state index contributed by atoms with van der Waals surface area (Å²) in [5, 5.41) is 6.49. The maximum Gasteiger partial charge on any atom is 0.389 e. The van der Waals surface area contributed by atoms with Crippen LogP contribution in [0.2, 0.25) is 0 Å². The van der Waals surface area contributed by atoms with Gasteiger partial charge in [-0.15, -0.1) is 0 Å². The fourth-order valence-corrected chi connectivity index (χ4v) is 3.82. The van der Waals surface area contributed by atoms with E-state index in [0.717, 1.165) is 0 Å². The van der Waals surface area contributed by atoms with E-state index in [9.17, 15) is 18.0 Å². The molecule has 1 saturated heterocycles. The number of hydroxylamine groups is 2. The maximum absolute atomic E-state index is 13.3. The second-order valence-corrected chi connectivity index (χ2v) is 9.57. The molecule has 182 valence electrons. The Morgan fingerprint density at radius 1 is 1.09 bits per heavy atom. The van der Waals surface area contributed by atoms with Crippen LogP contribution in [0, 0.1) is 5.92 Å². The van der Waals surface area contributed by atoms with Crippen molar-refractivity contribution in [3.05, 3.63) is 46.9 Å². The summed E-state index contributed by atoms with van der Waals surface area (Å²) in [5.41, 5.74) is 0.515. The Morgan fingerprint density at radius 2 is 1.76 bits per heavy atom. The average molecular weight is 487 g/mol. The van der Waals surface area contributed by atoms with E-state index in [1.54, 1.807) is 24.3 Å². The van der Waals surface area contributed by atoms with Crippen molar-refractivity contribution >= 4 is 17.7 Å². The molecule has 1 unspecified atom stereocenters. The maximum atomic E-state index is 13.3. The van der Waals surface area contributed by atoms with Gasteiger partial charge < -0.3 is 9.64 Å². The lowest BCUT2D eigenvalue weighted by molar-refractivity contribution is -0.145. The third-order valence-corrected chi connectivity index (χ3v) is 5.61. The number of aromatic nitrogens is 2. The smallest absolute Gasteiger partial charge is 0.389 e. The highest BCUT2D eigenvalue weighted by atomic mass is 32.2. The minimum Gasteiger partial charge on any atom is -0.486 e. The van der Waals surface area contributed by atoms with Gasteiger partial charge in [0.1, 0.15) is 5.69 Å². The summed E-state index contributed by atoms with van der Waals surface area (Å²) in [7, 11) is 0. The number of halogens is 3. The highest BCUT2D eigenvalue weighted by molar-refractivity contribution is 7.95. The lowest BCUT2D eigenvalue weighted by Gasteiger charge is -2.35. The number of hydrogen-bond donors (Lipinski definition) is 0. The molecule has 7 nitrogen and oxygen atoms in total. The predicted molar refractivity (Wildman–Crippen MR) is 123 cm³/mol. The molecule has 0 aliphatic carbocycles. The van der Waals surface area contributed by atoms with Gasteiger partial charge in [-0.05, 0) is 18.1 Å². The lowest BCUT2D eigenvalue weighted by Crippen LogP contribution is -2.46. The Bertz CT molecular complexity index is 948. The molecule has 1 aromatic heterocycles. The minimum atomic E-state index is -4.29. The third-order valence-electron chi connectivity index (χ3n) is 4.93. The van der Waals surface area contributed by atoms with E-state index >= 15 is 0 Å². The highest BCUT2D eigenvalue weighted by Crippen LogP contribution is 2.29. The first-order chi connectivity index (χ1) is 15.6. The molecule has 1 aromatic carbocycles. The fourth-order valence-electron chi connectivity index (χ4n) is 3.37. The van der Waals surface area contributed by atoms with Crippen LogP contribution in [0.15, 0.2) is 41.3 Å². The molecule has 0 bridgehead atoms. The zero-order valence-corrected chi connectivity index (χ0v) is 19.7. The van der Waals surface area contributed by atoms with E-state index in [-0.39, 0.29) is 12.4 Å². The molecule has 2 heterocycles. The standard InChI is InChI=1S/C22H29F3N4O3S/c1-16(2)33-32-28-11-9-27(10-12-28)19-14-26-29(18-7-5-4-6-8-18)21(30)20(19)31-15-17(3)13-22(23,24)25/h4-8,14,16-17H,9-13,15H2,1-3H3. The summed E-state index contributed by atoms with van der Waals surface area (Å²) < 4.78 is 50.9. The average Bonchev–Trinajstić information content (AvgIpc) is 2.76. The second kappa shape index (κ2) is 11.3. The molecule has 1 atom stereocenters. The Labute approximate surface area is 195 Å². The monoisotopic (exact) mass is 486 g/mol. The van der Waals surface area contributed by atoms with Crippen molar-refractivity contribution in [3.8, 4) is 11.4 Å². The number of para-hydroxylation sites is 1. The summed E-state index contributed by atoms with van der Waals surface area (Å²) in [6.07, 6.45) is -3.74. The van der Waals surface area contributed by atoms with E-state index in [1.165, 1.54) is 29.8 Å². The number of alkyl halides is 3. The van der Waals surface area contributed by atoms with Gasteiger partial charge in [0.15, 0.2) is 0 Å². The molecule has 0 N–H and O–H groups in total. The lowest BCUT2D eigenvalue weighted by atomic mass is 10.1. The van der Waals surface area contributed by atoms with Crippen LogP contribution in [0.5, 0.6) is 5.75 Å². The molecular formula is C22H29F3N4O3S. The van der Waals surface area contributed by atoms with Gasteiger partial charge >= 0.3 is 11.7 Å². The normalized spacial score (nSPS) is 16.3. The number of piperazine rings is 1. The van der Waals surface area contributed by atoms with E-state index in [4.69, 9.17) is 9.02 Å². The van der Waals surface area contributed by atoms with Gasteiger partial charge in [-0.25, -0.2) is 4.28 Å². The van der Waals surface area contributed by atoms with Gasteiger partial charge in [0.2, 0.25) is 5.75 Å². The van der Waals surface area contributed by atoms with Gasteiger partial charge in [0.05, 0.1) is 18.5 Å². The van der Waals surface area contributed by atoms with E-state index < -0.39 is 24.1 Å². The summed E-state index contributed by atoms with van der Waals surface area (Å²) in [4.78, 5) is 15.2. The number of benzene rings is 1. The zero-order chi connectivity index (χ0) is 24.0. The summed E-state index contributed by atoms with van der Waals surface area (Å²) in [5.74, 6) is -0.789. The van der Waals surface area contributed by atoms with E-state index in [1.807, 2.05) is 29.9 Å². The van der Waals surface area contributed by atoms with Crippen molar-refractivity contribution in [2.75, 3.05) is 37.7 Å². The third kappa shape index (κ3) is 7.38. The molecule has 0 saturated carbocycles. The van der Waals surface area contributed by atoms with Crippen molar-refractivity contribution in [2.45, 2.75) is 38.6 Å². The molecule has 2 aromatic rings. The van der Waals surface area contributed by atoms with Gasteiger partial charge in [0, 0.05) is 49.9 Å². The molecule has 3 rings (SSSR count). The SMILES string of the molecule is CC(COc1c(N2CCN(OSC(C)C)CC2)cnn(-c2ccccc2)c1=O)CC(F)(F)F. The molecule has 0 spiro atoms. The Morgan fingerprint density at radius 3 is 2.36 bits per heavy atom. The Kier molecular flexibility index (Phi) is 8.66. The van der Waals surface area contributed by atoms with Crippen LogP contribution < -0.4 is 15.2 Å². The van der Waals surface area contributed by atoms with Crippen molar-refractivity contribution in [2.24, 2.45) is 5.92 Å². The number of hydrogen-bond acceptors (Lipinski definition) is 7. The van der Waals surface area contributed by atoms with Gasteiger partial charge in [-0.3, -0.25) is 4.79 Å².